The second kappa shape index (κ2) is 9.41. The smallest absolute Gasteiger partial charge is 0.271 e. The van der Waals surface area contributed by atoms with Gasteiger partial charge in [0.05, 0.1) is 11.0 Å². The van der Waals surface area contributed by atoms with Gasteiger partial charge in [-0.05, 0) is 48.4 Å². The lowest BCUT2D eigenvalue weighted by Gasteiger charge is -2.26. The van der Waals surface area contributed by atoms with Crippen molar-refractivity contribution in [3.8, 4) is 0 Å². The molecule has 0 aliphatic heterocycles. The minimum atomic E-state index is -0.0778. The summed E-state index contributed by atoms with van der Waals surface area (Å²) in [7, 11) is 0. The molecule has 1 aliphatic carbocycles. The van der Waals surface area contributed by atoms with E-state index in [1.54, 1.807) is 11.3 Å². The van der Waals surface area contributed by atoms with Crippen LogP contribution >= 0.6 is 36.2 Å². The lowest BCUT2D eigenvalue weighted by molar-refractivity contribution is 0.0928. The number of amides is 1. The number of benzene rings is 1. The average molecular weight is 402 g/mol. The quantitative estimate of drug-likeness (QED) is 0.736. The summed E-state index contributed by atoms with van der Waals surface area (Å²) in [5.74, 6) is 0.471. The summed E-state index contributed by atoms with van der Waals surface area (Å²) >= 11 is 1.57. The number of nitrogen functional groups attached to an aromatic ring is 1. The Morgan fingerprint density at radius 2 is 2.16 bits per heavy atom. The van der Waals surface area contributed by atoms with Crippen molar-refractivity contribution in [2.24, 2.45) is 5.92 Å². The summed E-state index contributed by atoms with van der Waals surface area (Å²) in [6, 6.07) is 6.03. The molecular weight excluding hydrogens is 377 g/mol. The van der Waals surface area contributed by atoms with Crippen LogP contribution in [0.15, 0.2) is 23.6 Å². The van der Waals surface area contributed by atoms with Crippen LogP contribution in [0.1, 0.15) is 59.4 Å². The van der Waals surface area contributed by atoms with Crippen molar-refractivity contribution in [3.05, 3.63) is 45.4 Å². The van der Waals surface area contributed by atoms with Crippen LogP contribution in [0.2, 0.25) is 0 Å². The molecule has 2 aromatic rings. The Morgan fingerprint density at radius 1 is 1.40 bits per heavy atom. The van der Waals surface area contributed by atoms with E-state index >= 15 is 0 Å². The fraction of sp³-hybridized carbons (Fsp3) is 0.444. The highest BCUT2D eigenvalue weighted by atomic mass is 35.5. The summed E-state index contributed by atoms with van der Waals surface area (Å²) in [5, 5.41) is 6.03. The molecule has 0 saturated carbocycles. The van der Waals surface area contributed by atoms with Crippen molar-refractivity contribution in [1.82, 2.24) is 10.3 Å². The molecule has 138 valence electrons. The number of nitrogens with two attached hydrogens (primary N) is 1. The number of fused-ring (bicyclic) bond motifs is 1. The van der Waals surface area contributed by atoms with Gasteiger partial charge in [-0.3, -0.25) is 4.79 Å². The van der Waals surface area contributed by atoms with E-state index in [1.807, 2.05) is 23.6 Å². The number of hydrogen-bond acceptors (Lipinski definition) is 4. The number of aryl methyl sites for hydroxylation is 1. The molecule has 1 aliphatic rings. The molecule has 0 bridgehead atoms. The maximum atomic E-state index is 12.5. The third kappa shape index (κ3) is 5.33. The largest absolute Gasteiger partial charge is 0.399 e. The normalized spacial score (nSPS) is 15.7. The standard InChI is InChI=1S/C18H23N3OS.2ClH/c1-11(2)8-17-20-16(10-23-17)18(22)21-15-5-3-4-12-9-13(19)6-7-14(12)15;;/h6-7,9-11,15H,3-5,8,19H2,1-2H3,(H,21,22);2*1H. The van der Waals surface area contributed by atoms with Gasteiger partial charge < -0.3 is 11.1 Å². The van der Waals surface area contributed by atoms with Crippen molar-refractivity contribution < 1.29 is 4.79 Å². The summed E-state index contributed by atoms with van der Waals surface area (Å²) in [6.07, 6.45) is 3.98. The first-order valence-electron chi connectivity index (χ1n) is 8.16. The topological polar surface area (TPSA) is 68.0 Å². The van der Waals surface area contributed by atoms with Crippen LogP contribution in [0.4, 0.5) is 5.69 Å². The summed E-state index contributed by atoms with van der Waals surface area (Å²) < 4.78 is 0. The van der Waals surface area contributed by atoms with Crippen LogP contribution in [0.3, 0.4) is 0 Å². The zero-order valence-corrected chi connectivity index (χ0v) is 16.9. The van der Waals surface area contributed by atoms with Crippen molar-refractivity contribution in [1.29, 1.82) is 0 Å². The molecule has 3 N–H and O–H groups in total. The van der Waals surface area contributed by atoms with Gasteiger partial charge in [-0.2, -0.15) is 0 Å². The summed E-state index contributed by atoms with van der Waals surface area (Å²) in [6.45, 7) is 4.32. The van der Waals surface area contributed by atoms with Crippen molar-refractivity contribution in [2.75, 3.05) is 5.73 Å². The number of rotatable bonds is 4. The first kappa shape index (κ1) is 21.7. The number of halogens is 2. The molecule has 1 heterocycles. The Morgan fingerprint density at radius 3 is 2.88 bits per heavy atom. The predicted octanol–water partition coefficient (Wildman–Crippen LogP) is 4.57. The zero-order chi connectivity index (χ0) is 16.4. The van der Waals surface area contributed by atoms with Gasteiger partial charge in [0.1, 0.15) is 5.69 Å². The summed E-state index contributed by atoms with van der Waals surface area (Å²) in [4.78, 5) is 17.0. The van der Waals surface area contributed by atoms with E-state index in [-0.39, 0.29) is 36.8 Å². The maximum Gasteiger partial charge on any atom is 0.271 e. The highest BCUT2D eigenvalue weighted by molar-refractivity contribution is 7.09. The Hall–Kier alpha value is -1.30. The van der Waals surface area contributed by atoms with Gasteiger partial charge in [-0.15, -0.1) is 36.2 Å². The average Bonchev–Trinajstić information content (AvgIpc) is 2.95. The second-order valence-corrected chi connectivity index (χ2v) is 7.54. The van der Waals surface area contributed by atoms with Crippen LogP contribution in [0.5, 0.6) is 0 Å². The fourth-order valence-electron chi connectivity index (χ4n) is 3.07. The Kier molecular flexibility index (Phi) is 8.19. The third-order valence-electron chi connectivity index (χ3n) is 4.15. The fourth-order valence-corrected chi connectivity index (χ4v) is 4.06. The molecule has 0 spiro atoms. The second-order valence-electron chi connectivity index (χ2n) is 6.60. The number of nitrogens with one attached hydrogen (secondary N) is 1. The zero-order valence-electron chi connectivity index (χ0n) is 14.5. The molecule has 1 atom stereocenters. The SMILES string of the molecule is CC(C)Cc1nc(C(=O)NC2CCCc3cc(N)ccc32)cs1.Cl.Cl. The van der Waals surface area contributed by atoms with Gasteiger partial charge in [-0.1, -0.05) is 19.9 Å². The third-order valence-corrected chi connectivity index (χ3v) is 5.03. The van der Waals surface area contributed by atoms with E-state index in [0.717, 1.165) is 36.4 Å². The monoisotopic (exact) mass is 401 g/mol. The number of aromatic nitrogens is 1. The lowest BCUT2D eigenvalue weighted by Crippen LogP contribution is -2.31. The highest BCUT2D eigenvalue weighted by Gasteiger charge is 2.23. The van der Waals surface area contributed by atoms with Crippen LogP contribution in [0, 0.1) is 5.92 Å². The molecule has 3 rings (SSSR count). The number of carbonyl (C=O) groups is 1. The van der Waals surface area contributed by atoms with Gasteiger partial charge >= 0.3 is 0 Å². The van der Waals surface area contributed by atoms with Crippen molar-refractivity contribution >= 4 is 47.7 Å². The van der Waals surface area contributed by atoms with E-state index in [4.69, 9.17) is 5.73 Å². The molecule has 0 radical (unpaired) electrons. The lowest BCUT2D eigenvalue weighted by atomic mass is 9.87. The Labute approximate surface area is 165 Å². The molecule has 1 amide bonds. The molecular formula is C18H25Cl2N3OS. The van der Waals surface area contributed by atoms with E-state index in [0.29, 0.717) is 11.6 Å². The van der Waals surface area contributed by atoms with Crippen molar-refractivity contribution in [2.45, 2.75) is 45.6 Å². The molecule has 4 nitrogen and oxygen atoms in total. The van der Waals surface area contributed by atoms with Gasteiger partial charge in [0, 0.05) is 17.5 Å². The van der Waals surface area contributed by atoms with Crippen LogP contribution in [-0.4, -0.2) is 10.9 Å². The molecule has 0 saturated heterocycles. The van der Waals surface area contributed by atoms with Crippen LogP contribution in [0.25, 0.3) is 0 Å². The Bertz CT molecular complexity index is 718. The first-order valence-corrected chi connectivity index (χ1v) is 9.04. The van der Waals surface area contributed by atoms with E-state index < -0.39 is 0 Å². The van der Waals surface area contributed by atoms with Gasteiger partial charge in [0.2, 0.25) is 0 Å². The van der Waals surface area contributed by atoms with Crippen molar-refractivity contribution in [3.63, 3.8) is 0 Å². The molecule has 1 aromatic carbocycles. The van der Waals surface area contributed by atoms with E-state index in [1.165, 1.54) is 11.1 Å². The minimum Gasteiger partial charge on any atom is -0.399 e. The maximum absolute atomic E-state index is 12.5. The number of anilines is 1. The van der Waals surface area contributed by atoms with Gasteiger partial charge in [0.15, 0.2) is 0 Å². The van der Waals surface area contributed by atoms with Gasteiger partial charge in [0.25, 0.3) is 5.91 Å². The first-order chi connectivity index (χ1) is 11.0. The molecule has 0 fully saturated rings. The summed E-state index contributed by atoms with van der Waals surface area (Å²) in [5.41, 5.74) is 9.63. The van der Waals surface area contributed by atoms with E-state index in [9.17, 15) is 4.79 Å². The number of hydrogen-bond donors (Lipinski definition) is 2. The van der Waals surface area contributed by atoms with Crippen LogP contribution in [-0.2, 0) is 12.8 Å². The Balaban J connectivity index is 0.00000156. The number of thiazole rings is 1. The molecule has 7 heteroatoms. The number of carbonyl (C=O) groups excluding carboxylic acids is 1. The van der Waals surface area contributed by atoms with Crippen LogP contribution < -0.4 is 11.1 Å². The van der Waals surface area contributed by atoms with E-state index in [2.05, 4.69) is 24.1 Å². The molecule has 1 unspecified atom stereocenters. The molecule has 25 heavy (non-hydrogen) atoms. The predicted molar refractivity (Wildman–Crippen MR) is 109 cm³/mol. The minimum absolute atomic E-state index is 0. The molecule has 1 aromatic heterocycles. The number of nitrogens with zero attached hydrogens (tertiary/aromatic N) is 1. The highest BCUT2D eigenvalue weighted by Crippen LogP contribution is 2.31. The van der Waals surface area contributed by atoms with Gasteiger partial charge in [-0.25, -0.2) is 4.98 Å².